The first-order valence-electron chi connectivity index (χ1n) is 9.12. The van der Waals surface area contributed by atoms with Crippen molar-refractivity contribution in [2.45, 2.75) is 39.7 Å². The predicted molar refractivity (Wildman–Crippen MR) is 107 cm³/mol. The molecule has 1 aliphatic heterocycles. The SMILES string of the molecule is C=CCn1c(C)cc(C(=O)COC(=O)Cc2csc(N3CCCC3=O)n2)c1C. The Hall–Kier alpha value is -2.74. The van der Waals surface area contributed by atoms with Crippen LogP contribution in [0, 0.1) is 13.8 Å². The number of anilines is 1. The lowest BCUT2D eigenvalue weighted by Gasteiger charge is -2.10. The van der Waals surface area contributed by atoms with Gasteiger partial charge in [-0.25, -0.2) is 4.98 Å². The summed E-state index contributed by atoms with van der Waals surface area (Å²) in [6, 6.07) is 1.80. The Kier molecular flexibility index (Phi) is 6.08. The van der Waals surface area contributed by atoms with E-state index in [1.165, 1.54) is 11.3 Å². The molecule has 0 atom stereocenters. The number of carbonyl (C=O) groups is 3. The lowest BCUT2D eigenvalue weighted by molar-refractivity contribution is -0.141. The van der Waals surface area contributed by atoms with Crippen LogP contribution in [0.1, 0.15) is 40.3 Å². The molecule has 0 aromatic carbocycles. The van der Waals surface area contributed by atoms with Crippen LogP contribution in [0.4, 0.5) is 5.13 Å². The molecule has 0 N–H and O–H groups in total. The van der Waals surface area contributed by atoms with Crippen LogP contribution >= 0.6 is 11.3 Å². The summed E-state index contributed by atoms with van der Waals surface area (Å²) in [6.07, 6.45) is 3.10. The van der Waals surface area contributed by atoms with E-state index in [1.807, 2.05) is 18.4 Å². The summed E-state index contributed by atoms with van der Waals surface area (Å²) in [5, 5.41) is 2.35. The second kappa shape index (κ2) is 8.52. The van der Waals surface area contributed by atoms with Gasteiger partial charge in [0.15, 0.2) is 11.7 Å². The van der Waals surface area contributed by atoms with Crippen LogP contribution in [0.15, 0.2) is 24.1 Å². The number of aromatic nitrogens is 2. The molecule has 28 heavy (non-hydrogen) atoms. The number of hydrogen-bond donors (Lipinski definition) is 0. The highest BCUT2D eigenvalue weighted by Crippen LogP contribution is 2.25. The van der Waals surface area contributed by atoms with Gasteiger partial charge in [-0.05, 0) is 26.3 Å². The standard InChI is InChI=1S/C20H23N3O4S/c1-4-7-22-13(2)9-16(14(22)3)17(24)11-27-19(26)10-15-12-28-20(21-15)23-8-5-6-18(23)25/h4,9,12H,1,5-8,10-11H2,2-3H3. The Morgan fingerprint density at radius 1 is 1.39 bits per heavy atom. The number of Topliss-reactive ketones (excluding diaryl/α,β-unsaturated/α-hetero) is 1. The van der Waals surface area contributed by atoms with Crippen LogP contribution in [-0.2, 0) is 27.3 Å². The molecule has 0 spiro atoms. The molecule has 2 aromatic rings. The molecule has 3 heterocycles. The van der Waals surface area contributed by atoms with Crippen molar-refractivity contribution in [2.75, 3.05) is 18.1 Å². The fraction of sp³-hybridized carbons (Fsp3) is 0.400. The smallest absolute Gasteiger partial charge is 0.312 e. The molecule has 1 saturated heterocycles. The minimum atomic E-state index is -0.516. The lowest BCUT2D eigenvalue weighted by Crippen LogP contribution is -2.23. The third kappa shape index (κ3) is 4.22. The maximum atomic E-state index is 12.4. The van der Waals surface area contributed by atoms with E-state index in [-0.39, 0.29) is 24.7 Å². The van der Waals surface area contributed by atoms with Crippen molar-refractivity contribution in [1.82, 2.24) is 9.55 Å². The topological polar surface area (TPSA) is 81.5 Å². The zero-order valence-corrected chi connectivity index (χ0v) is 16.9. The van der Waals surface area contributed by atoms with Gasteiger partial charge in [0.25, 0.3) is 0 Å². The Bertz CT molecular complexity index is 928. The summed E-state index contributed by atoms with van der Waals surface area (Å²) in [5.74, 6) is -0.695. The fourth-order valence-electron chi connectivity index (χ4n) is 3.27. The predicted octanol–water partition coefficient (Wildman–Crippen LogP) is 2.84. The molecule has 7 nitrogen and oxygen atoms in total. The molecule has 2 aromatic heterocycles. The monoisotopic (exact) mass is 401 g/mol. The van der Waals surface area contributed by atoms with Crippen LogP contribution < -0.4 is 4.90 Å². The Morgan fingerprint density at radius 3 is 2.86 bits per heavy atom. The molecule has 0 radical (unpaired) electrons. The van der Waals surface area contributed by atoms with Crippen LogP contribution in [0.3, 0.4) is 0 Å². The summed E-state index contributed by atoms with van der Waals surface area (Å²) in [4.78, 5) is 42.3. The van der Waals surface area contributed by atoms with Crippen LogP contribution in [0.2, 0.25) is 0 Å². The Labute approximate surface area is 167 Å². The second-order valence-electron chi connectivity index (χ2n) is 6.72. The number of ketones is 1. The number of hydrogen-bond acceptors (Lipinski definition) is 6. The number of thiazole rings is 1. The summed E-state index contributed by atoms with van der Waals surface area (Å²) in [6.45, 7) is 8.48. The van der Waals surface area contributed by atoms with Gasteiger partial charge in [0.1, 0.15) is 0 Å². The Morgan fingerprint density at radius 2 is 2.18 bits per heavy atom. The van der Waals surface area contributed by atoms with Crippen molar-refractivity contribution in [3.63, 3.8) is 0 Å². The van der Waals surface area contributed by atoms with Gasteiger partial charge in [-0.3, -0.25) is 19.3 Å². The van der Waals surface area contributed by atoms with Gasteiger partial charge in [0.2, 0.25) is 11.7 Å². The highest BCUT2D eigenvalue weighted by molar-refractivity contribution is 7.14. The lowest BCUT2D eigenvalue weighted by atomic mass is 10.1. The number of esters is 1. The van der Waals surface area contributed by atoms with Gasteiger partial charge in [-0.15, -0.1) is 17.9 Å². The van der Waals surface area contributed by atoms with Crippen molar-refractivity contribution in [1.29, 1.82) is 0 Å². The molecular weight excluding hydrogens is 378 g/mol. The molecule has 8 heteroatoms. The molecule has 1 aliphatic rings. The first-order valence-corrected chi connectivity index (χ1v) is 10.00. The van der Waals surface area contributed by atoms with Crippen LogP contribution in [0.25, 0.3) is 0 Å². The van der Waals surface area contributed by atoms with Gasteiger partial charge >= 0.3 is 5.97 Å². The van der Waals surface area contributed by atoms with Gasteiger partial charge in [-0.2, -0.15) is 0 Å². The van der Waals surface area contributed by atoms with Crippen LogP contribution in [-0.4, -0.2) is 40.4 Å². The van der Waals surface area contributed by atoms with E-state index in [2.05, 4.69) is 11.6 Å². The molecule has 1 amide bonds. The molecule has 0 saturated carbocycles. The van der Waals surface area contributed by atoms with Crippen molar-refractivity contribution in [2.24, 2.45) is 0 Å². The molecule has 3 rings (SSSR count). The number of rotatable bonds is 8. The van der Waals surface area contributed by atoms with Gasteiger partial charge in [0.05, 0.1) is 12.1 Å². The maximum Gasteiger partial charge on any atom is 0.312 e. The van der Waals surface area contributed by atoms with E-state index in [0.29, 0.717) is 35.9 Å². The highest BCUT2D eigenvalue weighted by atomic mass is 32.1. The van der Waals surface area contributed by atoms with Crippen molar-refractivity contribution in [3.8, 4) is 0 Å². The first kappa shape index (κ1) is 20.0. The number of allylic oxidation sites excluding steroid dienone is 1. The number of amides is 1. The van der Waals surface area contributed by atoms with Gasteiger partial charge in [-0.1, -0.05) is 6.08 Å². The maximum absolute atomic E-state index is 12.4. The molecule has 0 unspecified atom stereocenters. The summed E-state index contributed by atoms with van der Waals surface area (Å²) >= 11 is 1.33. The van der Waals surface area contributed by atoms with E-state index >= 15 is 0 Å². The van der Waals surface area contributed by atoms with E-state index in [1.54, 1.807) is 22.4 Å². The first-order chi connectivity index (χ1) is 13.4. The van der Waals surface area contributed by atoms with E-state index in [0.717, 1.165) is 17.8 Å². The second-order valence-corrected chi connectivity index (χ2v) is 7.55. The van der Waals surface area contributed by atoms with Gasteiger partial charge in [0, 0.05) is 41.8 Å². The Balaban J connectivity index is 1.55. The summed E-state index contributed by atoms with van der Waals surface area (Å²) < 4.78 is 7.13. The third-order valence-corrected chi connectivity index (χ3v) is 5.63. The van der Waals surface area contributed by atoms with Crippen LogP contribution in [0.5, 0.6) is 0 Å². The summed E-state index contributed by atoms with van der Waals surface area (Å²) in [5.41, 5.74) is 2.88. The highest BCUT2D eigenvalue weighted by Gasteiger charge is 2.24. The normalized spacial score (nSPS) is 13.8. The average molecular weight is 401 g/mol. The number of nitrogens with zero attached hydrogens (tertiary/aromatic N) is 3. The summed E-state index contributed by atoms with van der Waals surface area (Å²) in [7, 11) is 0. The van der Waals surface area contributed by atoms with E-state index in [4.69, 9.17) is 4.74 Å². The minimum absolute atomic E-state index is 0.0265. The molecule has 1 fully saturated rings. The van der Waals surface area contributed by atoms with E-state index < -0.39 is 5.97 Å². The molecule has 0 aliphatic carbocycles. The third-order valence-electron chi connectivity index (χ3n) is 4.72. The zero-order chi connectivity index (χ0) is 20.3. The average Bonchev–Trinajstić information content (AvgIpc) is 3.35. The molecule has 148 valence electrons. The number of carbonyl (C=O) groups excluding carboxylic acids is 3. The van der Waals surface area contributed by atoms with Crippen molar-refractivity contribution < 1.29 is 19.1 Å². The van der Waals surface area contributed by atoms with Crippen molar-refractivity contribution in [3.05, 3.63) is 46.7 Å². The minimum Gasteiger partial charge on any atom is -0.457 e. The molecule has 0 bridgehead atoms. The van der Waals surface area contributed by atoms with E-state index in [9.17, 15) is 14.4 Å². The largest absolute Gasteiger partial charge is 0.457 e. The fourth-order valence-corrected chi connectivity index (χ4v) is 4.14. The van der Waals surface area contributed by atoms with Gasteiger partial charge < -0.3 is 9.30 Å². The number of aryl methyl sites for hydroxylation is 1. The quantitative estimate of drug-likeness (QED) is 0.386. The van der Waals surface area contributed by atoms with Crippen molar-refractivity contribution >= 4 is 34.1 Å². The molecular formula is C20H23N3O4S. The number of ether oxygens (including phenoxy) is 1. The zero-order valence-electron chi connectivity index (χ0n) is 16.1.